The third-order valence-electron chi connectivity index (χ3n) is 3.83. The van der Waals surface area contributed by atoms with Crippen LogP contribution < -0.4 is 10.1 Å². The van der Waals surface area contributed by atoms with Gasteiger partial charge in [-0.1, -0.05) is 0 Å². The van der Waals surface area contributed by atoms with E-state index in [1.165, 1.54) is 0 Å². The number of ether oxygens (including phenoxy) is 1. The lowest BCUT2D eigenvalue weighted by Gasteiger charge is -2.20. The average Bonchev–Trinajstić information content (AvgIpc) is 3.00. The topological polar surface area (TPSA) is 54.7 Å². The Balaban J connectivity index is 1.57. The fourth-order valence-electron chi connectivity index (χ4n) is 2.55. The molecule has 1 aromatic heterocycles. The highest BCUT2D eigenvalue weighted by Gasteiger charge is 2.23. The van der Waals surface area contributed by atoms with Gasteiger partial charge >= 0.3 is 6.03 Å². The average molecular weight is 332 g/mol. The van der Waals surface area contributed by atoms with Gasteiger partial charge in [0.05, 0.1) is 18.6 Å². The number of carbonyl (C=O) groups excluding carboxylic acids is 1. The lowest BCUT2D eigenvalue weighted by atomic mass is 10.2. The summed E-state index contributed by atoms with van der Waals surface area (Å²) in [7, 11) is 1.62. The Morgan fingerprint density at radius 1 is 1.30 bits per heavy atom. The van der Waals surface area contributed by atoms with Crippen LogP contribution in [0.15, 0.2) is 47.1 Å². The molecule has 0 radical (unpaired) electrons. The van der Waals surface area contributed by atoms with Gasteiger partial charge in [-0.3, -0.25) is 0 Å². The minimum Gasteiger partial charge on any atom is -0.497 e. The van der Waals surface area contributed by atoms with Crippen LogP contribution >= 0.6 is 11.8 Å². The van der Waals surface area contributed by atoms with Gasteiger partial charge in [0.25, 0.3) is 0 Å². The molecule has 0 spiro atoms. The van der Waals surface area contributed by atoms with Crippen LogP contribution in [-0.4, -0.2) is 36.9 Å². The number of urea groups is 1. The number of amides is 2. The predicted molar refractivity (Wildman–Crippen MR) is 92.1 cm³/mol. The number of benzene rings is 1. The predicted octanol–water partition coefficient (Wildman–Crippen LogP) is 4.00. The summed E-state index contributed by atoms with van der Waals surface area (Å²) in [5.41, 5.74) is 0.773. The van der Waals surface area contributed by atoms with Gasteiger partial charge in [-0.2, -0.15) is 0 Å². The number of anilines is 1. The van der Waals surface area contributed by atoms with Crippen LogP contribution in [0.4, 0.5) is 10.5 Å². The third-order valence-corrected chi connectivity index (χ3v) is 5.12. The number of nitrogens with zero attached hydrogens (tertiary/aromatic N) is 1. The summed E-state index contributed by atoms with van der Waals surface area (Å²) in [6.45, 7) is 1.46. The number of thioether (sulfide) groups is 1. The van der Waals surface area contributed by atoms with Gasteiger partial charge < -0.3 is 19.4 Å². The Morgan fingerprint density at radius 2 is 2.13 bits per heavy atom. The molecule has 2 amide bonds. The maximum absolute atomic E-state index is 12.4. The molecule has 1 aliphatic heterocycles. The van der Waals surface area contributed by atoms with Crippen LogP contribution in [0, 0.1) is 0 Å². The van der Waals surface area contributed by atoms with Gasteiger partial charge in [-0.15, -0.1) is 11.8 Å². The third kappa shape index (κ3) is 4.01. The Hall–Kier alpha value is -2.08. The number of methoxy groups -OCH3 is 1. The highest BCUT2D eigenvalue weighted by molar-refractivity contribution is 7.99. The highest BCUT2D eigenvalue weighted by atomic mass is 32.2. The smallest absolute Gasteiger partial charge is 0.321 e. The van der Waals surface area contributed by atoms with E-state index in [4.69, 9.17) is 9.15 Å². The van der Waals surface area contributed by atoms with E-state index in [0.29, 0.717) is 5.25 Å². The number of carbonyl (C=O) groups is 1. The molecule has 1 fully saturated rings. The standard InChI is InChI=1S/C17H20N2O3S/c1-21-14-6-4-13(5-7-14)18-17(20)19-9-8-16(23-12-10-19)15-3-2-11-22-15/h2-7,11,16H,8-10,12H2,1H3,(H,18,20). The summed E-state index contributed by atoms with van der Waals surface area (Å²) in [4.78, 5) is 14.3. The van der Waals surface area contributed by atoms with Crippen LogP contribution in [0.3, 0.4) is 0 Å². The first kappa shape index (κ1) is 15.8. The van der Waals surface area contributed by atoms with E-state index < -0.39 is 0 Å². The fraction of sp³-hybridized carbons (Fsp3) is 0.353. The minimum absolute atomic E-state index is 0.0594. The molecule has 6 heteroatoms. The van der Waals surface area contributed by atoms with E-state index in [0.717, 1.165) is 42.5 Å². The van der Waals surface area contributed by atoms with E-state index in [1.54, 1.807) is 13.4 Å². The van der Waals surface area contributed by atoms with Crippen LogP contribution in [0.2, 0.25) is 0 Å². The van der Waals surface area contributed by atoms with Crippen molar-refractivity contribution in [2.45, 2.75) is 11.7 Å². The minimum atomic E-state index is -0.0594. The van der Waals surface area contributed by atoms with Crippen molar-refractivity contribution in [1.82, 2.24) is 4.90 Å². The zero-order valence-electron chi connectivity index (χ0n) is 13.0. The van der Waals surface area contributed by atoms with E-state index >= 15 is 0 Å². The van der Waals surface area contributed by atoms with Gasteiger partial charge in [-0.05, 0) is 42.8 Å². The first-order valence-electron chi connectivity index (χ1n) is 7.61. The molecule has 1 unspecified atom stereocenters. The molecule has 1 aromatic carbocycles. The van der Waals surface area contributed by atoms with Crippen molar-refractivity contribution in [3.05, 3.63) is 48.4 Å². The number of hydrogen-bond donors (Lipinski definition) is 1. The lowest BCUT2D eigenvalue weighted by Crippen LogP contribution is -2.36. The maximum atomic E-state index is 12.4. The molecule has 23 heavy (non-hydrogen) atoms. The number of furan rings is 1. The molecule has 0 aliphatic carbocycles. The Bertz CT molecular complexity index is 628. The van der Waals surface area contributed by atoms with Gasteiger partial charge in [0.15, 0.2) is 0 Å². The normalized spacial score (nSPS) is 18.3. The fourth-order valence-corrected chi connectivity index (χ4v) is 3.73. The van der Waals surface area contributed by atoms with Gasteiger partial charge in [0.1, 0.15) is 11.5 Å². The quantitative estimate of drug-likeness (QED) is 0.923. The number of rotatable bonds is 3. The summed E-state index contributed by atoms with van der Waals surface area (Å²) in [6, 6.07) is 11.2. The van der Waals surface area contributed by atoms with Crippen molar-refractivity contribution >= 4 is 23.5 Å². The second kappa shape index (κ2) is 7.46. The van der Waals surface area contributed by atoms with Crippen LogP contribution in [0.25, 0.3) is 0 Å². The van der Waals surface area contributed by atoms with Crippen LogP contribution in [-0.2, 0) is 0 Å². The van der Waals surface area contributed by atoms with E-state index in [-0.39, 0.29) is 6.03 Å². The molecule has 3 rings (SSSR count). The first-order chi connectivity index (χ1) is 11.3. The molecule has 1 N–H and O–H groups in total. The largest absolute Gasteiger partial charge is 0.497 e. The van der Waals surface area contributed by atoms with E-state index in [9.17, 15) is 4.79 Å². The summed E-state index contributed by atoms with van der Waals surface area (Å²) < 4.78 is 10.6. The van der Waals surface area contributed by atoms with Gasteiger partial charge in [0.2, 0.25) is 0 Å². The van der Waals surface area contributed by atoms with Crippen molar-refractivity contribution in [2.75, 3.05) is 31.3 Å². The summed E-state index contributed by atoms with van der Waals surface area (Å²) >= 11 is 1.84. The van der Waals surface area contributed by atoms with Gasteiger partial charge in [0, 0.05) is 24.5 Å². The highest BCUT2D eigenvalue weighted by Crippen LogP contribution is 2.34. The Kier molecular flexibility index (Phi) is 5.12. The summed E-state index contributed by atoms with van der Waals surface area (Å²) in [5, 5.41) is 3.26. The maximum Gasteiger partial charge on any atom is 0.321 e. The molecule has 1 aliphatic rings. The molecule has 122 valence electrons. The number of nitrogens with one attached hydrogen (secondary N) is 1. The molecule has 5 nitrogen and oxygen atoms in total. The second-order valence-electron chi connectivity index (χ2n) is 5.31. The molecule has 0 saturated carbocycles. The first-order valence-corrected chi connectivity index (χ1v) is 8.66. The zero-order chi connectivity index (χ0) is 16.1. The van der Waals surface area contributed by atoms with Crippen molar-refractivity contribution in [3.63, 3.8) is 0 Å². The van der Waals surface area contributed by atoms with Gasteiger partial charge in [-0.25, -0.2) is 4.79 Å². The van der Waals surface area contributed by atoms with Crippen LogP contribution in [0.1, 0.15) is 17.4 Å². The molecule has 1 saturated heterocycles. The molecule has 1 atom stereocenters. The van der Waals surface area contributed by atoms with Crippen molar-refractivity contribution < 1.29 is 13.9 Å². The molecule has 2 aromatic rings. The van der Waals surface area contributed by atoms with Crippen molar-refractivity contribution in [1.29, 1.82) is 0 Å². The summed E-state index contributed by atoms with van der Waals surface area (Å²) in [5.74, 6) is 2.67. The molecular weight excluding hydrogens is 312 g/mol. The Labute approximate surface area is 140 Å². The zero-order valence-corrected chi connectivity index (χ0v) is 13.8. The molecule has 2 heterocycles. The molecular formula is C17H20N2O3S. The van der Waals surface area contributed by atoms with E-state index in [1.807, 2.05) is 53.1 Å². The summed E-state index contributed by atoms with van der Waals surface area (Å²) in [6.07, 6.45) is 2.60. The van der Waals surface area contributed by atoms with Crippen molar-refractivity contribution in [2.24, 2.45) is 0 Å². The number of hydrogen-bond acceptors (Lipinski definition) is 4. The second-order valence-corrected chi connectivity index (χ2v) is 6.62. The lowest BCUT2D eigenvalue weighted by molar-refractivity contribution is 0.214. The Morgan fingerprint density at radius 3 is 2.83 bits per heavy atom. The SMILES string of the molecule is COc1ccc(NC(=O)N2CCSC(c3ccco3)CC2)cc1. The van der Waals surface area contributed by atoms with E-state index in [2.05, 4.69) is 5.32 Å². The van der Waals surface area contributed by atoms with Crippen LogP contribution in [0.5, 0.6) is 5.75 Å². The molecule has 0 bridgehead atoms. The monoisotopic (exact) mass is 332 g/mol. The van der Waals surface area contributed by atoms with Crippen molar-refractivity contribution in [3.8, 4) is 5.75 Å².